The Labute approximate surface area is 89.9 Å². The molecule has 2 heteroatoms. The molecular formula is C13H15NO. The highest BCUT2D eigenvalue weighted by Gasteiger charge is 2.06. The summed E-state index contributed by atoms with van der Waals surface area (Å²) in [7, 11) is 0. The minimum absolute atomic E-state index is 0.536. The van der Waals surface area contributed by atoms with Gasteiger partial charge in [0.05, 0.1) is 5.69 Å². The molecule has 0 N–H and O–H groups in total. The minimum Gasteiger partial charge on any atom is -0.356 e. The largest absolute Gasteiger partial charge is 0.356 e. The molecule has 0 fully saturated rings. The van der Waals surface area contributed by atoms with Gasteiger partial charge in [-0.2, -0.15) is 0 Å². The van der Waals surface area contributed by atoms with Crippen molar-refractivity contribution in [3.05, 3.63) is 41.6 Å². The first-order valence-corrected chi connectivity index (χ1v) is 5.20. The van der Waals surface area contributed by atoms with Crippen molar-refractivity contribution in [2.45, 2.75) is 26.7 Å². The average molecular weight is 201 g/mol. The fourth-order valence-corrected chi connectivity index (χ4v) is 1.55. The Hall–Kier alpha value is -1.57. The molecule has 0 atom stereocenters. The van der Waals surface area contributed by atoms with Crippen LogP contribution in [0.2, 0.25) is 0 Å². The van der Waals surface area contributed by atoms with Crippen LogP contribution in [0.4, 0.5) is 0 Å². The van der Waals surface area contributed by atoms with E-state index in [0.717, 1.165) is 17.0 Å². The molecule has 0 saturated carbocycles. The first-order valence-electron chi connectivity index (χ1n) is 5.20. The van der Waals surface area contributed by atoms with Crippen LogP contribution in [0.25, 0.3) is 11.3 Å². The first-order chi connectivity index (χ1) is 7.16. The van der Waals surface area contributed by atoms with E-state index in [1.807, 2.05) is 19.1 Å². The van der Waals surface area contributed by atoms with Crippen molar-refractivity contribution in [1.82, 2.24) is 5.16 Å². The van der Waals surface area contributed by atoms with Gasteiger partial charge >= 0.3 is 0 Å². The van der Waals surface area contributed by atoms with E-state index in [2.05, 4.69) is 37.2 Å². The van der Waals surface area contributed by atoms with E-state index < -0.39 is 0 Å². The number of hydrogen-bond acceptors (Lipinski definition) is 2. The summed E-state index contributed by atoms with van der Waals surface area (Å²) < 4.78 is 5.24. The SMILES string of the molecule is Cc1cc(-c2cccc(C(C)C)c2)on1. The van der Waals surface area contributed by atoms with Crippen molar-refractivity contribution in [3.8, 4) is 11.3 Å². The summed E-state index contributed by atoms with van der Waals surface area (Å²) in [6.07, 6.45) is 0. The summed E-state index contributed by atoms with van der Waals surface area (Å²) in [6.45, 7) is 6.30. The van der Waals surface area contributed by atoms with Gasteiger partial charge in [-0.3, -0.25) is 0 Å². The molecule has 0 amide bonds. The Morgan fingerprint density at radius 1 is 1.20 bits per heavy atom. The van der Waals surface area contributed by atoms with Crippen LogP contribution in [0, 0.1) is 6.92 Å². The zero-order chi connectivity index (χ0) is 10.8. The molecule has 78 valence electrons. The quantitative estimate of drug-likeness (QED) is 0.739. The highest BCUT2D eigenvalue weighted by atomic mass is 16.5. The van der Waals surface area contributed by atoms with Crippen molar-refractivity contribution in [1.29, 1.82) is 0 Å². The van der Waals surface area contributed by atoms with Crippen LogP contribution in [-0.2, 0) is 0 Å². The lowest BCUT2D eigenvalue weighted by molar-refractivity contribution is 0.427. The van der Waals surface area contributed by atoms with Crippen molar-refractivity contribution in [3.63, 3.8) is 0 Å². The van der Waals surface area contributed by atoms with Gasteiger partial charge in [0.1, 0.15) is 0 Å². The van der Waals surface area contributed by atoms with Crippen molar-refractivity contribution in [2.75, 3.05) is 0 Å². The smallest absolute Gasteiger partial charge is 0.167 e. The van der Waals surface area contributed by atoms with Gasteiger partial charge < -0.3 is 4.52 Å². The Morgan fingerprint density at radius 2 is 2.00 bits per heavy atom. The molecule has 2 aromatic rings. The molecule has 0 aliphatic rings. The molecule has 0 aliphatic carbocycles. The summed E-state index contributed by atoms with van der Waals surface area (Å²) in [5.74, 6) is 1.38. The van der Waals surface area contributed by atoms with Crippen LogP contribution >= 0.6 is 0 Å². The second kappa shape index (κ2) is 3.89. The molecule has 2 rings (SSSR count). The van der Waals surface area contributed by atoms with Gasteiger partial charge in [-0.05, 0) is 24.5 Å². The van der Waals surface area contributed by atoms with Gasteiger partial charge in [0, 0.05) is 11.6 Å². The average Bonchev–Trinajstić information content (AvgIpc) is 2.65. The predicted molar refractivity (Wildman–Crippen MR) is 60.8 cm³/mol. The van der Waals surface area contributed by atoms with Gasteiger partial charge in [0.15, 0.2) is 5.76 Å². The fourth-order valence-electron chi connectivity index (χ4n) is 1.55. The lowest BCUT2D eigenvalue weighted by Crippen LogP contribution is -1.86. The molecular weight excluding hydrogens is 186 g/mol. The molecule has 1 aromatic carbocycles. The third kappa shape index (κ3) is 2.09. The summed E-state index contributed by atoms with van der Waals surface area (Å²) in [5, 5.41) is 3.89. The number of hydrogen-bond donors (Lipinski definition) is 0. The second-order valence-electron chi connectivity index (χ2n) is 4.11. The molecule has 0 unspecified atom stereocenters. The van der Waals surface area contributed by atoms with E-state index in [-0.39, 0.29) is 0 Å². The van der Waals surface area contributed by atoms with Crippen LogP contribution in [-0.4, -0.2) is 5.16 Å². The lowest BCUT2D eigenvalue weighted by atomic mass is 10.00. The molecule has 1 aromatic heterocycles. The van der Waals surface area contributed by atoms with Gasteiger partial charge in [-0.1, -0.05) is 37.2 Å². The van der Waals surface area contributed by atoms with E-state index in [4.69, 9.17) is 4.52 Å². The van der Waals surface area contributed by atoms with Crippen LogP contribution in [0.5, 0.6) is 0 Å². The Bertz CT molecular complexity index is 457. The number of aromatic nitrogens is 1. The number of rotatable bonds is 2. The van der Waals surface area contributed by atoms with Gasteiger partial charge in [0.2, 0.25) is 0 Å². The molecule has 1 heterocycles. The molecule has 15 heavy (non-hydrogen) atoms. The summed E-state index contributed by atoms with van der Waals surface area (Å²) in [4.78, 5) is 0. The first kappa shape index (κ1) is 9.97. The van der Waals surface area contributed by atoms with E-state index in [9.17, 15) is 0 Å². The molecule has 0 radical (unpaired) electrons. The molecule has 0 saturated heterocycles. The molecule has 0 bridgehead atoms. The van der Waals surface area contributed by atoms with Crippen LogP contribution < -0.4 is 0 Å². The second-order valence-corrected chi connectivity index (χ2v) is 4.11. The van der Waals surface area contributed by atoms with E-state index >= 15 is 0 Å². The lowest BCUT2D eigenvalue weighted by Gasteiger charge is -2.05. The normalized spacial score (nSPS) is 10.9. The third-order valence-electron chi connectivity index (χ3n) is 2.47. The van der Waals surface area contributed by atoms with E-state index in [1.54, 1.807) is 0 Å². The van der Waals surface area contributed by atoms with Gasteiger partial charge in [-0.15, -0.1) is 0 Å². The van der Waals surface area contributed by atoms with E-state index in [1.165, 1.54) is 5.56 Å². The number of nitrogens with zero attached hydrogens (tertiary/aromatic N) is 1. The highest BCUT2D eigenvalue weighted by Crippen LogP contribution is 2.24. The van der Waals surface area contributed by atoms with Crippen molar-refractivity contribution < 1.29 is 4.52 Å². The Kier molecular flexibility index (Phi) is 2.58. The third-order valence-corrected chi connectivity index (χ3v) is 2.47. The maximum absolute atomic E-state index is 5.24. The summed E-state index contributed by atoms with van der Waals surface area (Å²) >= 11 is 0. The maximum atomic E-state index is 5.24. The number of benzene rings is 1. The Balaban J connectivity index is 2.41. The van der Waals surface area contributed by atoms with Gasteiger partial charge in [0.25, 0.3) is 0 Å². The molecule has 2 nitrogen and oxygen atoms in total. The Morgan fingerprint density at radius 3 is 2.60 bits per heavy atom. The summed E-state index contributed by atoms with van der Waals surface area (Å²) in [6, 6.07) is 10.4. The standard InChI is InChI=1S/C13H15NO/c1-9(2)11-5-4-6-12(8-11)13-7-10(3)14-15-13/h4-9H,1-3H3. The number of aryl methyl sites for hydroxylation is 1. The van der Waals surface area contributed by atoms with Crippen molar-refractivity contribution in [2.24, 2.45) is 0 Å². The minimum atomic E-state index is 0.536. The monoisotopic (exact) mass is 201 g/mol. The zero-order valence-corrected chi connectivity index (χ0v) is 9.32. The predicted octanol–water partition coefficient (Wildman–Crippen LogP) is 3.77. The van der Waals surface area contributed by atoms with Crippen LogP contribution in [0.1, 0.15) is 31.0 Å². The fraction of sp³-hybridized carbons (Fsp3) is 0.308. The molecule has 0 aliphatic heterocycles. The van der Waals surface area contributed by atoms with Crippen LogP contribution in [0.15, 0.2) is 34.9 Å². The van der Waals surface area contributed by atoms with Gasteiger partial charge in [-0.25, -0.2) is 0 Å². The van der Waals surface area contributed by atoms with E-state index in [0.29, 0.717) is 5.92 Å². The van der Waals surface area contributed by atoms with Crippen molar-refractivity contribution >= 4 is 0 Å². The topological polar surface area (TPSA) is 26.0 Å². The highest BCUT2D eigenvalue weighted by molar-refractivity contribution is 5.58. The molecule has 0 spiro atoms. The maximum Gasteiger partial charge on any atom is 0.167 e. The zero-order valence-electron chi connectivity index (χ0n) is 9.32. The summed E-state index contributed by atoms with van der Waals surface area (Å²) in [5.41, 5.74) is 3.34. The van der Waals surface area contributed by atoms with Crippen LogP contribution in [0.3, 0.4) is 0 Å².